The van der Waals surface area contributed by atoms with Crippen molar-refractivity contribution in [1.82, 2.24) is 0 Å². The van der Waals surface area contributed by atoms with E-state index in [2.05, 4.69) is 10.2 Å². The quantitative estimate of drug-likeness (QED) is 0.405. The maximum Gasteiger partial charge on any atom is 0.243 e. The zero-order valence-corrected chi connectivity index (χ0v) is 7.91. The van der Waals surface area contributed by atoms with E-state index >= 15 is 0 Å². The first kappa shape index (κ1) is 11.1. The minimum Gasteiger partial charge on any atom is -0.353 e. The summed E-state index contributed by atoms with van der Waals surface area (Å²) < 4.78 is 0. The van der Waals surface area contributed by atoms with Crippen LogP contribution in [0.25, 0.3) is 0 Å². The van der Waals surface area contributed by atoms with Crippen molar-refractivity contribution >= 4 is 0 Å². The summed E-state index contributed by atoms with van der Waals surface area (Å²) in [5.74, 6) is 0. The maximum absolute atomic E-state index is 10.3. The van der Waals surface area contributed by atoms with Gasteiger partial charge in [0.1, 0.15) is 0 Å². The van der Waals surface area contributed by atoms with Crippen LogP contribution in [0.3, 0.4) is 0 Å². The second-order valence-electron chi connectivity index (χ2n) is 3.01. The van der Waals surface area contributed by atoms with Gasteiger partial charge in [0, 0.05) is 11.3 Å². The van der Waals surface area contributed by atoms with Crippen molar-refractivity contribution in [3.63, 3.8) is 0 Å². The smallest absolute Gasteiger partial charge is 0.243 e. The molecule has 1 atom stereocenters. The summed E-state index contributed by atoms with van der Waals surface area (Å²) in [4.78, 5) is 24.0. The second-order valence-corrected chi connectivity index (χ2v) is 3.01. The van der Waals surface area contributed by atoms with E-state index in [9.17, 15) is 15.0 Å². The zero-order valence-electron chi connectivity index (χ0n) is 7.91. The van der Waals surface area contributed by atoms with E-state index in [1.54, 1.807) is 12.1 Å². The van der Waals surface area contributed by atoms with E-state index in [0.717, 1.165) is 5.56 Å². The third kappa shape index (κ3) is 4.17. The Morgan fingerprint density at radius 2 is 2.07 bits per heavy atom. The molecule has 6 heteroatoms. The van der Waals surface area contributed by atoms with Crippen LogP contribution in [0.5, 0.6) is 0 Å². The lowest BCUT2D eigenvalue weighted by Gasteiger charge is -2.08. The second kappa shape index (κ2) is 5.69. The molecule has 80 valence electrons. The normalized spacial score (nSPS) is 11.7. The Labute approximate surface area is 85.9 Å². The van der Waals surface area contributed by atoms with Gasteiger partial charge < -0.3 is 4.84 Å². The van der Waals surface area contributed by atoms with Crippen molar-refractivity contribution < 1.29 is 9.76 Å². The van der Waals surface area contributed by atoms with Crippen LogP contribution in [0.15, 0.2) is 35.7 Å². The Kier molecular flexibility index (Phi) is 4.21. The molecule has 0 saturated carbocycles. The van der Waals surface area contributed by atoms with Crippen molar-refractivity contribution in [2.45, 2.75) is 12.5 Å². The first-order chi connectivity index (χ1) is 7.22. The Morgan fingerprint density at radius 3 is 2.60 bits per heavy atom. The van der Waals surface area contributed by atoms with E-state index in [1.165, 1.54) is 0 Å². The lowest BCUT2D eigenvalue weighted by molar-refractivity contribution is -0.491. The van der Waals surface area contributed by atoms with Gasteiger partial charge in [-0.05, 0) is 5.56 Å². The summed E-state index contributed by atoms with van der Waals surface area (Å²) in [7, 11) is 0. The summed E-state index contributed by atoms with van der Waals surface area (Å²) in [6.07, 6.45) is -0.506. The van der Waals surface area contributed by atoms with E-state index < -0.39 is 17.6 Å². The van der Waals surface area contributed by atoms with Gasteiger partial charge in [-0.2, -0.15) is 0 Å². The van der Waals surface area contributed by atoms with Crippen LogP contribution in [0.2, 0.25) is 0 Å². The fraction of sp³-hybridized carbons (Fsp3) is 0.333. The number of nitrogens with zero attached hydrogens (tertiary/aromatic N) is 2. The average molecular weight is 210 g/mol. The molecule has 0 saturated heterocycles. The fourth-order valence-corrected chi connectivity index (χ4v) is 1.24. The number of hydrogen-bond acceptors (Lipinski definition) is 5. The lowest BCUT2D eigenvalue weighted by Crippen LogP contribution is -2.23. The number of hydrogen-bond donors (Lipinski definition) is 0. The molecule has 0 fully saturated rings. The third-order valence-corrected chi connectivity index (χ3v) is 1.85. The van der Waals surface area contributed by atoms with E-state index in [4.69, 9.17) is 0 Å². The van der Waals surface area contributed by atoms with Crippen molar-refractivity contribution in [3.8, 4) is 0 Å². The first-order valence-corrected chi connectivity index (χ1v) is 4.36. The van der Waals surface area contributed by atoms with Gasteiger partial charge in [-0.25, -0.2) is 0 Å². The van der Waals surface area contributed by atoms with Gasteiger partial charge in [0.2, 0.25) is 6.54 Å². The highest BCUT2D eigenvalue weighted by molar-refractivity contribution is 5.15. The highest BCUT2D eigenvalue weighted by Gasteiger charge is 2.18. The molecule has 1 rings (SSSR count). The molecule has 1 aromatic rings. The molecule has 0 spiro atoms. The van der Waals surface area contributed by atoms with Crippen LogP contribution < -0.4 is 0 Å². The van der Waals surface area contributed by atoms with Crippen molar-refractivity contribution in [2.24, 2.45) is 5.34 Å². The standard InChI is InChI=1S/C9H10N2O4/c12-10-15-9(7-11(13)14)6-8-4-2-1-3-5-8/h1-5,9H,6-7H2. The molecular weight excluding hydrogens is 200 g/mol. The molecule has 0 N–H and O–H groups in total. The molecule has 0 heterocycles. The van der Waals surface area contributed by atoms with Crippen LogP contribution in [-0.2, 0) is 11.3 Å². The van der Waals surface area contributed by atoms with E-state index in [0.29, 0.717) is 6.42 Å². The topological polar surface area (TPSA) is 81.8 Å². The minimum absolute atomic E-state index is 0.299. The molecule has 0 radical (unpaired) electrons. The monoisotopic (exact) mass is 210 g/mol. The van der Waals surface area contributed by atoms with Crippen LogP contribution >= 0.6 is 0 Å². The van der Waals surface area contributed by atoms with Gasteiger partial charge in [0.25, 0.3) is 0 Å². The molecule has 0 aliphatic heterocycles. The molecule has 0 aliphatic carbocycles. The minimum atomic E-state index is -0.806. The third-order valence-electron chi connectivity index (χ3n) is 1.85. The summed E-state index contributed by atoms with van der Waals surface area (Å²) >= 11 is 0. The van der Waals surface area contributed by atoms with Gasteiger partial charge in [-0.1, -0.05) is 30.3 Å². The Bertz CT molecular complexity index is 328. The Morgan fingerprint density at radius 1 is 1.40 bits per heavy atom. The zero-order chi connectivity index (χ0) is 11.1. The predicted molar refractivity (Wildman–Crippen MR) is 52.7 cm³/mol. The molecule has 0 amide bonds. The number of rotatable bonds is 6. The average Bonchev–Trinajstić information content (AvgIpc) is 2.18. The molecule has 6 nitrogen and oxygen atoms in total. The highest BCUT2D eigenvalue weighted by Crippen LogP contribution is 2.06. The van der Waals surface area contributed by atoms with Gasteiger partial charge >= 0.3 is 0 Å². The summed E-state index contributed by atoms with van der Waals surface area (Å²) in [6.45, 7) is -0.430. The molecule has 15 heavy (non-hydrogen) atoms. The van der Waals surface area contributed by atoms with Crippen LogP contribution in [0.1, 0.15) is 5.56 Å². The van der Waals surface area contributed by atoms with Gasteiger partial charge in [-0.3, -0.25) is 10.1 Å². The molecule has 0 aliphatic rings. The molecule has 1 unspecified atom stereocenters. The summed E-state index contributed by atoms with van der Waals surface area (Å²) in [6, 6.07) is 9.08. The number of nitro groups is 1. The van der Waals surface area contributed by atoms with E-state index in [-0.39, 0.29) is 0 Å². The summed E-state index contributed by atoms with van der Waals surface area (Å²) in [5.41, 5.74) is 0.869. The lowest BCUT2D eigenvalue weighted by atomic mass is 10.1. The molecule has 0 bridgehead atoms. The first-order valence-electron chi connectivity index (χ1n) is 4.36. The maximum atomic E-state index is 10.3. The van der Waals surface area contributed by atoms with Crippen LogP contribution in [0, 0.1) is 15.0 Å². The SMILES string of the molecule is O=NOC(Cc1ccccc1)C[N+](=O)[O-]. The van der Waals surface area contributed by atoms with Crippen molar-refractivity contribution in [1.29, 1.82) is 0 Å². The fourth-order valence-electron chi connectivity index (χ4n) is 1.24. The van der Waals surface area contributed by atoms with Crippen molar-refractivity contribution in [3.05, 3.63) is 50.9 Å². The van der Waals surface area contributed by atoms with Crippen LogP contribution in [0.4, 0.5) is 0 Å². The number of benzene rings is 1. The predicted octanol–water partition coefficient (Wildman–Crippen LogP) is 1.57. The largest absolute Gasteiger partial charge is 0.353 e. The Hall–Kier alpha value is -1.98. The van der Waals surface area contributed by atoms with Crippen LogP contribution in [-0.4, -0.2) is 17.6 Å². The van der Waals surface area contributed by atoms with Crippen molar-refractivity contribution in [2.75, 3.05) is 6.54 Å². The highest BCUT2D eigenvalue weighted by atomic mass is 16.7. The summed E-state index contributed by atoms with van der Waals surface area (Å²) in [5, 5.41) is 12.5. The van der Waals surface area contributed by atoms with Gasteiger partial charge in [-0.15, -0.1) is 4.91 Å². The van der Waals surface area contributed by atoms with E-state index in [1.807, 2.05) is 18.2 Å². The molecule has 0 aromatic heterocycles. The van der Waals surface area contributed by atoms with Gasteiger partial charge in [0.15, 0.2) is 11.4 Å². The Balaban J connectivity index is 2.58. The van der Waals surface area contributed by atoms with Gasteiger partial charge in [0.05, 0.1) is 0 Å². The molecular formula is C9H10N2O4. The molecule has 1 aromatic carbocycles.